The summed E-state index contributed by atoms with van der Waals surface area (Å²) in [5.41, 5.74) is -0.750. The number of amides is 1. The molecule has 0 aromatic carbocycles. The lowest BCUT2D eigenvalue weighted by atomic mass is 9.85. The number of hydrogen-bond acceptors (Lipinski definition) is 3. The molecule has 0 saturated heterocycles. The average molecular weight is 255 g/mol. The maximum atomic E-state index is 11.8. The molecule has 0 saturated carbocycles. The van der Waals surface area contributed by atoms with E-state index in [0.717, 1.165) is 5.57 Å². The van der Waals surface area contributed by atoms with Crippen LogP contribution in [0, 0.1) is 5.41 Å². The third-order valence-electron chi connectivity index (χ3n) is 2.91. The summed E-state index contributed by atoms with van der Waals surface area (Å²) >= 11 is 0. The lowest BCUT2D eigenvalue weighted by Gasteiger charge is -2.26. The van der Waals surface area contributed by atoms with Gasteiger partial charge in [-0.2, -0.15) is 0 Å². The monoisotopic (exact) mass is 255 g/mol. The van der Waals surface area contributed by atoms with Gasteiger partial charge in [0.2, 0.25) is 0 Å². The average Bonchev–Trinajstić information content (AvgIpc) is 2.63. The fourth-order valence-electron chi connectivity index (χ4n) is 1.61. The minimum atomic E-state index is -0.948. The van der Waals surface area contributed by atoms with E-state index in [-0.39, 0.29) is 0 Å². The van der Waals surface area contributed by atoms with Gasteiger partial charge >= 0.3 is 12.1 Å². The molecule has 0 aromatic rings. The van der Waals surface area contributed by atoms with Gasteiger partial charge < -0.3 is 14.7 Å². The maximum Gasteiger partial charge on any atom is 0.410 e. The van der Waals surface area contributed by atoms with Crippen LogP contribution in [0.15, 0.2) is 11.6 Å². The molecule has 1 aliphatic heterocycles. The van der Waals surface area contributed by atoms with Crippen molar-refractivity contribution < 1.29 is 19.4 Å². The second kappa shape index (κ2) is 4.63. The minimum absolute atomic E-state index is 0.314. The van der Waals surface area contributed by atoms with Crippen LogP contribution in [0.1, 0.15) is 34.6 Å². The Morgan fingerprint density at radius 3 is 2.28 bits per heavy atom. The van der Waals surface area contributed by atoms with Crippen molar-refractivity contribution in [3.8, 4) is 0 Å². The first kappa shape index (κ1) is 14.5. The highest BCUT2D eigenvalue weighted by Crippen LogP contribution is 2.30. The van der Waals surface area contributed by atoms with Crippen molar-refractivity contribution in [3.63, 3.8) is 0 Å². The van der Waals surface area contributed by atoms with E-state index in [2.05, 4.69) is 0 Å². The number of ether oxygens (including phenoxy) is 1. The fourth-order valence-corrected chi connectivity index (χ4v) is 1.61. The van der Waals surface area contributed by atoms with Gasteiger partial charge in [-0.15, -0.1) is 0 Å². The highest BCUT2D eigenvalue weighted by atomic mass is 16.6. The Bertz CT molecular complexity index is 390. The first-order valence-corrected chi connectivity index (χ1v) is 5.95. The Hall–Kier alpha value is -1.52. The molecule has 0 spiro atoms. The Morgan fingerprint density at radius 1 is 1.28 bits per heavy atom. The smallest absolute Gasteiger partial charge is 0.410 e. The molecule has 5 nitrogen and oxygen atoms in total. The summed E-state index contributed by atoms with van der Waals surface area (Å²) in [5.74, 6) is -0.889. The number of carboxylic acids is 1. The largest absolute Gasteiger partial charge is 0.481 e. The van der Waals surface area contributed by atoms with E-state index in [1.54, 1.807) is 40.7 Å². The number of nitrogens with zero attached hydrogens (tertiary/aromatic N) is 1. The molecular formula is C13H21NO4. The van der Waals surface area contributed by atoms with E-state index in [1.165, 1.54) is 4.90 Å². The molecule has 1 heterocycles. The van der Waals surface area contributed by atoms with E-state index in [0.29, 0.717) is 13.1 Å². The number of aliphatic carboxylic acids is 1. The van der Waals surface area contributed by atoms with Crippen molar-refractivity contribution in [2.24, 2.45) is 5.41 Å². The Morgan fingerprint density at radius 2 is 1.83 bits per heavy atom. The topological polar surface area (TPSA) is 66.8 Å². The zero-order valence-electron chi connectivity index (χ0n) is 11.6. The molecular weight excluding hydrogens is 234 g/mol. The molecule has 1 rings (SSSR count). The number of carbonyl (C=O) groups is 2. The normalized spacial score (nSPS) is 16.5. The Labute approximate surface area is 107 Å². The summed E-state index contributed by atoms with van der Waals surface area (Å²) in [6.45, 7) is 9.40. The van der Waals surface area contributed by atoms with Crippen LogP contribution >= 0.6 is 0 Å². The van der Waals surface area contributed by atoms with Gasteiger partial charge in [0.1, 0.15) is 5.60 Å². The van der Waals surface area contributed by atoms with Gasteiger partial charge in [-0.3, -0.25) is 4.79 Å². The summed E-state index contributed by atoms with van der Waals surface area (Å²) < 4.78 is 5.25. The highest BCUT2D eigenvalue weighted by molar-refractivity contribution is 5.79. The lowest BCUT2D eigenvalue weighted by Crippen LogP contribution is -2.37. The van der Waals surface area contributed by atoms with Crippen molar-refractivity contribution in [2.45, 2.75) is 40.2 Å². The van der Waals surface area contributed by atoms with Crippen molar-refractivity contribution >= 4 is 12.1 Å². The van der Waals surface area contributed by atoms with Crippen LogP contribution in [-0.2, 0) is 9.53 Å². The molecule has 0 fully saturated rings. The molecule has 0 bridgehead atoms. The summed E-state index contributed by atoms with van der Waals surface area (Å²) in [5, 5.41) is 9.14. The zero-order chi connectivity index (χ0) is 14.1. The van der Waals surface area contributed by atoms with Crippen molar-refractivity contribution in [3.05, 3.63) is 11.6 Å². The van der Waals surface area contributed by atoms with E-state index >= 15 is 0 Å². The summed E-state index contributed by atoms with van der Waals surface area (Å²) in [4.78, 5) is 24.5. The summed E-state index contributed by atoms with van der Waals surface area (Å²) in [7, 11) is 0. The van der Waals surface area contributed by atoms with Crippen molar-refractivity contribution in [2.75, 3.05) is 13.1 Å². The minimum Gasteiger partial charge on any atom is -0.481 e. The van der Waals surface area contributed by atoms with Crippen LogP contribution in [0.5, 0.6) is 0 Å². The number of carbonyl (C=O) groups excluding carboxylic acids is 1. The Kier molecular flexibility index (Phi) is 3.74. The van der Waals surface area contributed by atoms with Crippen LogP contribution < -0.4 is 0 Å². The van der Waals surface area contributed by atoms with Gasteiger partial charge in [-0.1, -0.05) is 6.08 Å². The summed E-state index contributed by atoms with van der Waals surface area (Å²) in [6, 6.07) is 0. The van der Waals surface area contributed by atoms with Crippen LogP contribution in [0.3, 0.4) is 0 Å². The van der Waals surface area contributed by atoms with Crippen molar-refractivity contribution in [1.29, 1.82) is 0 Å². The van der Waals surface area contributed by atoms with Crippen LogP contribution in [-0.4, -0.2) is 40.8 Å². The van der Waals surface area contributed by atoms with Gasteiger partial charge in [0, 0.05) is 13.1 Å². The van der Waals surface area contributed by atoms with E-state index in [1.807, 2.05) is 0 Å². The third kappa shape index (κ3) is 3.24. The van der Waals surface area contributed by atoms with Crippen molar-refractivity contribution in [1.82, 2.24) is 4.90 Å². The SMILES string of the molecule is CC(C)(C)OC(=O)N1CC=C(C(C)(C)C(=O)O)C1. The molecule has 1 amide bonds. The molecule has 0 aliphatic carbocycles. The first-order chi connectivity index (χ1) is 8.04. The maximum absolute atomic E-state index is 11.8. The molecule has 5 heteroatoms. The Balaban J connectivity index is 2.66. The molecule has 1 aliphatic rings. The fraction of sp³-hybridized carbons (Fsp3) is 0.692. The zero-order valence-corrected chi connectivity index (χ0v) is 11.6. The molecule has 0 aromatic heterocycles. The molecule has 18 heavy (non-hydrogen) atoms. The number of rotatable bonds is 2. The third-order valence-corrected chi connectivity index (χ3v) is 2.91. The highest BCUT2D eigenvalue weighted by Gasteiger charge is 2.36. The van der Waals surface area contributed by atoms with Crippen LogP contribution in [0.2, 0.25) is 0 Å². The van der Waals surface area contributed by atoms with E-state index < -0.39 is 23.1 Å². The molecule has 1 N–H and O–H groups in total. The second-order valence-corrected chi connectivity index (χ2v) is 6.02. The number of hydrogen-bond donors (Lipinski definition) is 1. The first-order valence-electron chi connectivity index (χ1n) is 5.95. The molecule has 102 valence electrons. The van der Waals surface area contributed by atoms with Gasteiger partial charge in [-0.05, 0) is 40.2 Å². The second-order valence-electron chi connectivity index (χ2n) is 6.02. The molecule has 0 radical (unpaired) electrons. The quantitative estimate of drug-likeness (QED) is 0.769. The van der Waals surface area contributed by atoms with Crippen LogP contribution in [0.4, 0.5) is 4.79 Å². The van der Waals surface area contributed by atoms with Gasteiger partial charge in [0.05, 0.1) is 5.41 Å². The van der Waals surface area contributed by atoms with E-state index in [4.69, 9.17) is 9.84 Å². The molecule has 0 atom stereocenters. The van der Waals surface area contributed by atoms with E-state index in [9.17, 15) is 9.59 Å². The lowest BCUT2D eigenvalue weighted by molar-refractivity contribution is -0.144. The van der Waals surface area contributed by atoms with Gasteiger partial charge in [0.25, 0.3) is 0 Å². The predicted octanol–water partition coefficient (Wildman–Crippen LogP) is 2.27. The summed E-state index contributed by atoms with van der Waals surface area (Å²) in [6.07, 6.45) is 1.38. The van der Waals surface area contributed by atoms with Gasteiger partial charge in [0.15, 0.2) is 0 Å². The predicted molar refractivity (Wildman–Crippen MR) is 67.3 cm³/mol. The number of carboxylic acid groups (broad SMARTS) is 1. The van der Waals surface area contributed by atoms with Gasteiger partial charge in [-0.25, -0.2) is 4.79 Å². The standard InChI is InChI=1S/C13H21NO4/c1-12(2,3)18-11(17)14-7-6-9(8-14)13(4,5)10(15)16/h6H,7-8H2,1-5H3,(H,15,16). The van der Waals surface area contributed by atoms with Crippen LogP contribution in [0.25, 0.3) is 0 Å². The molecule has 0 unspecified atom stereocenters.